The van der Waals surface area contributed by atoms with Crippen LogP contribution in [0, 0.1) is 0 Å². The molecule has 0 aliphatic carbocycles. The monoisotopic (exact) mass is 488 g/mol. The molecule has 2 aromatic heterocycles. The van der Waals surface area contributed by atoms with Gasteiger partial charge in [-0.15, -0.1) is 0 Å². The fourth-order valence-electron chi connectivity index (χ4n) is 4.26. The Labute approximate surface area is 215 Å². The first kappa shape index (κ1) is 27.1. The third kappa shape index (κ3) is 6.78. The average molecular weight is 489 g/mol. The lowest BCUT2D eigenvalue weighted by Crippen LogP contribution is -2.24. The van der Waals surface area contributed by atoms with Crippen LogP contribution < -0.4 is 14.4 Å². The van der Waals surface area contributed by atoms with Gasteiger partial charge in [0.2, 0.25) is 0 Å². The summed E-state index contributed by atoms with van der Waals surface area (Å²) in [4.78, 5) is 15.3. The first-order valence-corrected chi connectivity index (χ1v) is 13.1. The van der Waals surface area contributed by atoms with Gasteiger partial charge in [-0.1, -0.05) is 39.8 Å². The third-order valence-corrected chi connectivity index (χ3v) is 6.00. The number of nitrogens with zero attached hydrogens (tertiary/aromatic N) is 3. The molecule has 1 N–H and O–H groups in total. The van der Waals surface area contributed by atoms with Crippen LogP contribution in [0.1, 0.15) is 51.8 Å². The molecule has 0 spiro atoms. The molecule has 192 valence electrons. The Kier molecular flexibility index (Phi) is 10.2. The summed E-state index contributed by atoms with van der Waals surface area (Å²) in [5.41, 5.74) is 7.26. The van der Waals surface area contributed by atoms with Crippen molar-refractivity contribution in [3.63, 3.8) is 0 Å². The van der Waals surface area contributed by atoms with E-state index in [1.807, 2.05) is 38.2 Å². The van der Waals surface area contributed by atoms with Gasteiger partial charge < -0.3 is 19.4 Å². The molecule has 0 aliphatic heterocycles. The lowest BCUT2D eigenvalue weighted by atomic mass is 10.1. The highest BCUT2D eigenvalue weighted by atomic mass is 16.5. The minimum Gasteiger partial charge on any atom is -0.497 e. The summed E-state index contributed by atoms with van der Waals surface area (Å²) < 4.78 is 10.8. The van der Waals surface area contributed by atoms with Crippen LogP contribution in [-0.2, 0) is 12.8 Å². The summed E-state index contributed by atoms with van der Waals surface area (Å²) in [6, 6.07) is 16.8. The van der Waals surface area contributed by atoms with Crippen LogP contribution in [0.2, 0.25) is 0 Å². The largest absolute Gasteiger partial charge is 0.497 e. The number of anilines is 1. The maximum absolute atomic E-state index is 5.38. The smallest absolute Gasteiger partial charge is 0.156 e. The maximum atomic E-state index is 5.38. The number of H-pyrrole nitrogens is 1. The van der Waals surface area contributed by atoms with Gasteiger partial charge in [0.25, 0.3) is 0 Å². The number of rotatable bonds is 11. The van der Waals surface area contributed by atoms with Gasteiger partial charge in [0.1, 0.15) is 17.0 Å². The number of benzene rings is 2. The first-order chi connectivity index (χ1) is 17.6. The molecule has 4 rings (SSSR count). The van der Waals surface area contributed by atoms with Crippen LogP contribution >= 0.6 is 0 Å². The molecule has 0 bridgehead atoms. The molecule has 0 saturated heterocycles. The van der Waals surface area contributed by atoms with Crippen molar-refractivity contribution < 1.29 is 9.47 Å². The Hall–Kier alpha value is -3.54. The lowest BCUT2D eigenvalue weighted by Gasteiger charge is -2.23. The molecule has 6 heteroatoms. The van der Waals surface area contributed by atoms with E-state index < -0.39 is 0 Å². The standard InChI is InChI=1S/C28H34N4O2.C2H6/c1-5-13-32(14-6-2)23-11-8-21(9-12-23)26-18-27-28(31-26)29-19-22(30-27)10-7-20-15-24(33-3)17-25(16-20)34-4;1-2/h8-9,11-12,15-19H,5-7,10,13-14H2,1-4H3,(H,29,31);1-2H3. The average Bonchev–Trinajstić information content (AvgIpc) is 3.36. The van der Waals surface area contributed by atoms with Crippen molar-refractivity contribution >= 4 is 16.9 Å². The summed E-state index contributed by atoms with van der Waals surface area (Å²) in [5, 5.41) is 0. The lowest BCUT2D eigenvalue weighted by molar-refractivity contribution is 0.393. The topological polar surface area (TPSA) is 63.3 Å². The number of aromatic amines is 1. The Morgan fingerprint density at radius 3 is 2.06 bits per heavy atom. The molecule has 0 fully saturated rings. The summed E-state index contributed by atoms with van der Waals surface area (Å²) >= 11 is 0. The van der Waals surface area contributed by atoms with Crippen molar-refractivity contribution in [1.82, 2.24) is 15.0 Å². The van der Waals surface area contributed by atoms with Gasteiger partial charge in [-0.3, -0.25) is 0 Å². The van der Waals surface area contributed by atoms with Gasteiger partial charge in [-0.25, -0.2) is 9.97 Å². The Morgan fingerprint density at radius 2 is 1.47 bits per heavy atom. The van der Waals surface area contributed by atoms with Crippen molar-refractivity contribution in [3.8, 4) is 22.8 Å². The van der Waals surface area contributed by atoms with E-state index in [0.29, 0.717) is 0 Å². The van der Waals surface area contributed by atoms with E-state index in [0.717, 1.165) is 84.0 Å². The molecule has 0 amide bonds. The molecule has 6 nitrogen and oxygen atoms in total. The second kappa shape index (κ2) is 13.5. The number of ether oxygens (including phenoxy) is 2. The van der Waals surface area contributed by atoms with Crippen LogP contribution in [0.25, 0.3) is 22.4 Å². The van der Waals surface area contributed by atoms with E-state index in [9.17, 15) is 0 Å². The number of hydrogen-bond donors (Lipinski definition) is 1. The second-order valence-corrected chi connectivity index (χ2v) is 8.53. The normalized spacial score (nSPS) is 10.6. The van der Waals surface area contributed by atoms with Crippen molar-refractivity contribution in [2.75, 3.05) is 32.2 Å². The third-order valence-electron chi connectivity index (χ3n) is 6.00. The molecule has 2 heterocycles. The van der Waals surface area contributed by atoms with E-state index >= 15 is 0 Å². The minimum atomic E-state index is 0.791. The van der Waals surface area contributed by atoms with Crippen LogP contribution in [0.5, 0.6) is 11.5 Å². The van der Waals surface area contributed by atoms with Crippen LogP contribution in [0.15, 0.2) is 54.7 Å². The second-order valence-electron chi connectivity index (χ2n) is 8.53. The molecule has 2 aromatic carbocycles. The number of methoxy groups -OCH3 is 2. The van der Waals surface area contributed by atoms with E-state index in [1.165, 1.54) is 5.69 Å². The van der Waals surface area contributed by atoms with E-state index in [-0.39, 0.29) is 0 Å². The number of aromatic nitrogens is 3. The van der Waals surface area contributed by atoms with E-state index in [4.69, 9.17) is 14.5 Å². The SMILES string of the molecule is CC.CCCN(CCC)c1ccc(-c2cc3nc(CCc4cc(OC)cc(OC)c4)cnc3[nH]2)cc1. The van der Waals surface area contributed by atoms with Crippen molar-refractivity contribution in [2.24, 2.45) is 0 Å². The Bertz CT molecular complexity index is 1190. The molecular weight excluding hydrogens is 448 g/mol. The summed E-state index contributed by atoms with van der Waals surface area (Å²) in [6.45, 7) is 10.6. The predicted octanol–water partition coefficient (Wildman–Crippen LogP) is 7.08. The fraction of sp³-hybridized carbons (Fsp3) is 0.400. The van der Waals surface area contributed by atoms with Crippen molar-refractivity contribution in [1.29, 1.82) is 0 Å². The zero-order valence-electron chi connectivity index (χ0n) is 22.6. The molecule has 0 radical (unpaired) electrons. The zero-order chi connectivity index (χ0) is 25.9. The zero-order valence-corrected chi connectivity index (χ0v) is 22.6. The van der Waals surface area contributed by atoms with Crippen LogP contribution in [0.3, 0.4) is 0 Å². The van der Waals surface area contributed by atoms with Gasteiger partial charge in [0.15, 0.2) is 5.65 Å². The molecule has 4 aromatic rings. The highest BCUT2D eigenvalue weighted by Gasteiger charge is 2.10. The number of aryl methyl sites for hydroxylation is 2. The highest BCUT2D eigenvalue weighted by Crippen LogP contribution is 2.26. The van der Waals surface area contributed by atoms with Crippen molar-refractivity contribution in [3.05, 3.63) is 66.0 Å². The van der Waals surface area contributed by atoms with Gasteiger partial charge in [0.05, 0.1) is 26.1 Å². The molecule has 0 unspecified atom stereocenters. The number of hydrogen-bond acceptors (Lipinski definition) is 5. The number of fused-ring (bicyclic) bond motifs is 1. The van der Waals surface area contributed by atoms with E-state index in [2.05, 4.69) is 59.0 Å². The van der Waals surface area contributed by atoms with Gasteiger partial charge in [-0.05, 0) is 67.1 Å². The highest BCUT2D eigenvalue weighted by molar-refractivity contribution is 5.80. The van der Waals surface area contributed by atoms with E-state index in [1.54, 1.807) is 14.2 Å². The Balaban J connectivity index is 0.00000176. The van der Waals surface area contributed by atoms with Crippen LogP contribution in [-0.4, -0.2) is 42.3 Å². The van der Waals surface area contributed by atoms with Gasteiger partial charge in [-0.2, -0.15) is 0 Å². The summed E-state index contributed by atoms with van der Waals surface area (Å²) in [5.74, 6) is 1.59. The molecule has 0 saturated carbocycles. The Morgan fingerprint density at radius 1 is 0.833 bits per heavy atom. The maximum Gasteiger partial charge on any atom is 0.156 e. The van der Waals surface area contributed by atoms with Crippen molar-refractivity contribution in [2.45, 2.75) is 53.4 Å². The molecule has 0 atom stereocenters. The minimum absolute atomic E-state index is 0.791. The van der Waals surface area contributed by atoms with Gasteiger partial charge in [0, 0.05) is 30.5 Å². The fourth-order valence-corrected chi connectivity index (χ4v) is 4.26. The van der Waals surface area contributed by atoms with Crippen LogP contribution in [0.4, 0.5) is 5.69 Å². The van der Waals surface area contributed by atoms with Gasteiger partial charge >= 0.3 is 0 Å². The molecule has 36 heavy (non-hydrogen) atoms. The molecular formula is C30H40N4O2. The predicted molar refractivity (Wildman–Crippen MR) is 150 cm³/mol. The first-order valence-electron chi connectivity index (χ1n) is 13.1. The summed E-state index contributed by atoms with van der Waals surface area (Å²) in [6.07, 6.45) is 5.78. The quantitative estimate of drug-likeness (QED) is 0.244. The summed E-state index contributed by atoms with van der Waals surface area (Å²) in [7, 11) is 3.34. The molecule has 0 aliphatic rings. The number of nitrogens with one attached hydrogen (secondary N) is 1.